The number of carbonyl (C=O) groups is 3. The van der Waals surface area contributed by atoms with Crippen molar-refractivity contribution in [3.63, 3.8) is 0 Å². The van der Waals surface area contributed by atoms with Crippen LogP contribution in [0, 0.1) is 11.6 Å². The summed E-state index contributed by atoms with van der Waals surface area (Å²) in [6.07, 6.45) is 2.09. The van der Waals surface area contributed by atoms with Gasteiger partial charge in [-0.2, -0.15) is 9.36 Å². The van der Waals surface area contributed by atoms with Crippen LogP contribution in [0.4, 0.5) is 13.9 Å². The number of allylic oxidation sites excluding steroid dienone is 1. The lowest BCUT2D eigenvalue weighted by Crippen LogP contribution is -2.72. The van der Waals surface area contributed by atoms with Crippen molar-refractivity contribution >= 4 is 51.9 Å². The predicted molar refractivity (Wildman–Crippen MR) is 109 cm³/mol. The number of halogens is 2. The van der Waals surface area contributed by atoms with E-state index in [0.29, 0.717) is 18.0 Å². The van der Waals surface area contributed by atoms with Crippen molar-refractivity contribution in [3.05, 3.63) is 40.5 Å². The summed E-state index contributed by atoms with van der Waals surface area (Å²) >= 11 is 1.44. The number of pyridine rings is 1. The van der Waals surface area contributed by atoms with E-state index in [1.807, 2.05) is 0 Å². The lowest BCUT2D eigenvalue weighted by Gasteiger charge is -2.50. The van der Waals surface area contributed by atoms with Crippen LogP contribution in [-0.4, -0.2) is 65.1 Å². The van der Waals surface area contributed by atoms with Crippen molar-refractivity contribution in [2.75, 3.05) is 5.73 Å². The van der Waals surface area contributed by atoms with Crippen molar-refractivity contribution in [2.24, 2.45) is 5.16 Å². The standard InChI is InChI=1S/C17H13F2N7O5S2/c18-5-3-21-4-8(9(5)19)32-7-2-1-6-10(15(28)26(6)12(7)16(29)30)22-14(27)11(24-31)13-23-17(20)33-25-13/h3-4,6,10,31H,1-2H2,(H,22,27)(H,29,30)(H2,20,23,25)/b24-11-/t6?,10-/m0/s1. The first-order valence-corrected chi connectivity index (χ1v) is 10.7. The van der Waals surface area contributed by atoms with E-state index < -0.39 is 47.2 Å². The average Bonchev–Trinajstić information content (AvgIpc) is 3.20. The minimum atomic E-state index is -1.44. The molecule has 1 fully saturated rings. The molecule has 12 nitrogen and oxygen atoms in total. The third kappa shape index (κ3) is 3.97. The fourth-order valence-electron chi connectivity index (χ4n) is 3.47. The molecule has 1 unspecified atom stereocenters. The molecule has 4 heterocycles. The number of aromatic nitrogens is 3. The van der Waals surface area contributed by atoms with E-state index in [2.05, 4.69) is 24.8 Å². The van der Waals surface area contributed by atoms with Crippen LogP contribution in [0.15, 0.2) is 33.0 Å². The molecule has 4 rings (SSSR count). The Morgan fingerprint density at radius 2 is 2.12 bits per heavy atom. The molecule has 16 heteroatoms. The predicted octanol–water partition coefficient (Wildman–Crippen LogP) is 0.550. The highest BCUT2D eigenvalue weighted by atomic mass is 32.2. The van der Waals surface area contributed by atoms with Gasteiger partial charge in [0.2, 0.25) is 11.5 Å². The number of rotatable bonds is 6. The summed E-state index contributed by atoms with van der Waals surface area (Å²) in [5.74, 6) is -5.73. The number of nitrogens with two attached hydrogens (primary N) is 1. The number of nitrogen functional groups attached to an aromatic ring is 1. The number of carbonyl (C=O) groups excluding carboxylic acids is 2. The fraction of sp³-hybridized carbons (Fsp3) is 0.235. The highest BCUT2D eigenvalue weighted by Gasteiger charge is 2.54. The molecule has 0 saturated carbocycles. The molecule has 1 saturated heterocycles. The lowest BCUT2D eigenvalue weighted by molar-refractivity contribution is -0.155. The first-order valence-electron chi connectivity index (χ1n) is 9.11. The van der Waals surface area contributed by atoms with Gasteiger partial charge in [-0.3, -0.25) is 19.5 Å². The number of oxime groups is 1. The van der Waals surface area contributed by atoms with Crippen LogP contribution in [0.3, 0.4) is 0 Å². The molecular formula is C17H13F2N7O5S2. The second-order valence-corrected chi connectivity index (χ2v) is 8.70. The number of nitrogens with one attached hydrogen (secondary N) is 1. The fourth-order valence-corrected chi connectivity index (χ4v) is 4.97. The zero-order chi connectivity index (χ0) is 23.9. The van der Waals surface area contributed by atoms with E-state index in [1.165, 1.54) is 0 Å². The molecule has 2 amide bonds. The zero-order valence-corrected chi connectivity index (χ0v) is 17.9. The van der Waals surface area contributed by atoms with Gasteiger partial charge in [-0.1, -0.05) is 16.9 Å². The van der Waals surface area contributed by atoms with E-state index >= 15 is 0 Å². The van der Waals surface area contributed by atoms with Crippen molar-refractivity contribution < 1.29 is 33.5 Å². The smallest absolute Gasteiger partial charge is 0.353 e. The van der Waals surface area contributed by atoms with Crippen molar-refractivity contribution in [3.8, 4) is 0 Å². The van der Waals surface area contributed by atoms with Gasteiger partial charge in [0.1, 0.15) is 11.7 Å². The molecular weight excluding hydrogens is 484 g/mol. The summed E-state index contributed by atoms with van der Waals surface area (Å²) in [4.78, 5) is 45.3. The van der Waals surface area contributed by atoms with Crippen LogP contribution in [-0.2, 0) is 14.4 Å². The van der Waals surface area contributed by atoms with Crippen molar-refractivity contribution in [2.45, 2.75) is 29.8 Å². The Morgan fingerprint density at radius 3 is 2.76 bits per heavy atom. The molecule has 5 N–H and O–H groups in total. The highest BCUT2D eigenvalue weighted by Crippen LogP contribution is 2.43. The second kappa shape index (κ2) is 8.70. The Hall–Kier alpha value is -3.66. The van der Waals surface area contributed by atoms with E-state index in [1.54, 1.807) is 0 Å². The van der Waals surface area contributed by atoms with E-state index in [-0.39, 0.29) is 39.3 Å². The molecule has 172 valence electrons. The normalized spacial score (nSPS) is 20.4. The molecule has 2 aromatic rings. The SMILES string of the molecule is Nc1nc(/C(=N/O)C(=O)N[C@@H]2C(=O)N3C(C(=O)O)=C(Sc4cncc(F)c4F)CCC23)ns1. The number of thioether (sulfide) groups is 1. The van der Waals surface area contributed by atoms with Gasteiger partial charge in [0.15, 0.2) is 16.8 Å². The summed E-state index contributed by atoms with van der Waals surface area (Å²) in [7, 11) is 0. The summed E-state index contributed by atoms with van der Waals surface area (Å²) in [5.41, 5.74) is 4.50. The number of nitrogens with zero attached hydrogens (tertiary/aromatic N) is 5. The minimum absolute atomic E-state index is 0.0309. The van der Waals surface area contributed by atoms with Crippen LogP contribution >= 0.6 is 23.3 Å². The third-order valence-corrected chi connectivity index (χ3v) is 6.58. The highest BCUT2D eigenvalue weighted by molar-refractivity contribution is 8.03. The van der Waals surface area contributed by atoms with Gasteiger partial charge in [-0.25, -0.2) is 13.6 Å². The van der Waals surface area contributed by atoms with E-state index in [0.717, 1.165) is 22.6 Å². The zero-order valence-electron chi connectivity index (χ0n) is 16.2. The molecule has 0 bridgehead atoms. The quantitative estimate of drug-likeness (QED) is 0.190. The first kappa shape index (κ1) is 22.5. The summed E-state index contributed by atoms with van der Waals surface area (Å²) in [6, 6.07) is -1.81. The van der Waals surface area contributed by atoms with Crippen LogP contribution in [0.2, 0.25) is 0 Å². The Bertz CT molecular complexity index is 1230. The summed E-state index contributed by atoms with van der Waals surface area (Å²) in [5, 5.41) is 24.1. The molecule has 2 aliphatic heterocycles. The van der Waals surface area contributed by atoms with Crippen LogP contribution in [0.1, 0.15) is 18.7 Å². The van der Waals surface area contributed by atoms with Crippen LogP contribution in [0.5, 0.6) is 0 Å². The van der Waals surface area contributed by atoms with E-state index in [9.17, 15) is 28.3 Å². The average molecular weight is 497 g/mol. The van der Waals surface area contributed by atoms with Crippen LogP contribution < -0.4 is 11.1 Å². The number of fused-ring (bicyclic) bond motifs is 1. The maximum Gasteiger partial charge on any atom is 0.353 e. The number of β-lactam (4-membered cyclic amide) rings is 1. The van der Waals surface area contributed by atoms with Crippen LogP contribution in [0.25, 0.3) is 0 Å². The molecule has 2 atom stereocenters. The molecule has 0 aliphatic carbocycles. The second-order valence-electron chi connectivity index (χ2n) is 6.78. The van der Waals surface area contributed by atoms with Crippen molar-refractivity contribution in [1.29, 1.82) is 0 Å². The monoisotopic (exact) mass is 497 g/mol. The first-order chi connectivity index (χ1) is 15.7. The third-order valence-electron chi connectivity index (χ3n) is 4.89. The number of anilines is 1. The molecule has 2 aliphatic rings. The van der Waals surface area contributed by atoms with Gasteiger partial charge in [-0.15, -0.1) is 0 Å². The number of hydrogen-bond donors (Lipinski definition) is 4. The summed E-state index contributed by atoms with van der Waals surface area (Å²) < 4.78 is 31.3. The Morgan fingerprint density at radius 1 is 1.36 bits per heavy atom. The lowest BCUT2D eigenvalue weighted by atomic mass is 9.86. The Labute approximate surface area is 191 Å². The largest absolute Gasteiger partial charge is 0.477 e. The Balaban J connectivity index is 1.55. The molecule has 0 aromatic carbocycles. The van der Waals surface area contributed by atoms with Gasteiger partial charge in [0.25, 0.3) is 11.8 Å². The molecule has 33 heavy (non-hydrogen) atoms. The number of aliphatic carboxylic acids is 1. The van der Waals surface area contributed by atoms with Gasteiger partial charge in [0.05, 0.1) is 17.1 Å². The van der Waals surface area contributed by atoms with Gasteiger partial charge < -0.3 is 21.4 Å². The number of hydrogen-bond acceptors (Lipinski definition) is 11. The molecule has 0 spiro atoms. The van der Waals surface area contributed by atoms with E-state index in [4.69, 9.17) is 10.9 Å². The number of amides is 2. The maximum atomic E-state index is 14.0. The van der Waals surface area contributed by atoms with Gasteiger partial charge in [0, 0.05) is 22.6 Å². The maximum absolute atomic E-state index is 14.0. The number of carboxylic acid groups (broad SMARTS) is 1. The number of carboxylic acids is 1. The minimum Gasteiger partial charge on any atom is -0.477 e. The topological polar surface area (TPSA) is 184 Å². The molecule has 2 aromatic heterocycles. The van der Waals surface area contributed by atoms with Crippen molar-refractivity contribution in [1.82, 2.24) is 24.6 Å². The summed E-state index contributed by atoms with van der Waals surface area (Å²) in [6.45, 7) is 0. The van der Waals surface area contributed by atoms with Gasteiger partial charge in [-0.05, 0) is 12.8 Å². The Kier molecular flexibility index (Phi) is 5.94. The van der Waals surface area contributed by atoms with Gasteiger partial charge >= 0.3 is 5.97 Å². The molecule has 0 radical (unpaired) electrons.